The van der Waals surface area contributed by atoms with Crippen LogP contribution in [0.4, 0.5) is 0 Å². The van der Waals surface area contributed by atoms with Gasteiger partial charge in [-0.2, -0.15) is 0 Å². The zero-order valence-electron chi connectivity index (χ0n) is 12.4. The van der Waals surface area contributed by atoms with Crippen molar-refractivity contribution >= 4 is 10.8 Å². The van der Waals surface area contributed by atoms with E-state index in [2.05, 4.69) is 79.7 Å². The molecule has 0 aliphatic heterocycles. The predicted octanol–water partition coefficient (Wildman–Crippen LogP) is 4.30. The van der Waals surface area contributed by atoms with Crippen molar-refractivity contribution in [1.82, 2.24) is 0 Å². The molecule has 0 saturated carbocycles. The van der Waals surface area contributed by atoms with Crippen molar-refractivity contribution in [1.29, 1.82) is 0 Å². The Bertz CT molecular complexity index is 733. The fourth-order valence-electron chi connectivity index (χ4n) is 2.90. The molecule has 2 N–H and O–H groups in total. The lowest BCUT2D eigenvalue weighted by atomic mass is 9.77. The first-order valence-electron chi connectivity index (χ1n) is 7.44. The molecule has 106 valence electrons. The summed E-state index contributed by atoms with van der Waals surface area (Å²) in [6.45, 7) is 2.89. The number of nitrogens with two attached hydrogens (primary N) is 1. The zero-order valence-corrected chi connectivity index (χ0v) is 12.4. The van der Waals surface area contributed by atoms with Gasteiger partial charge in [-0.15, -0.1) is 0 Å². The quantitative estimate of drug-likeness (QED) is 0.755. The van der Waals surface area contributed by atoms with Gasteiger partial charge in [0.25, 0.3) is 0 Å². The lowest BCUT2D eigenvalue weighted by molar-refractivity contribution is 0.481. The van der Waals surface area contributed by atoms with Gasteiger partial charge in [0, 0.05) is 12.0 Å². The van der Waals surface area contributed by atoms with E-state index in [1.165, 1.54) is 21.9 Å². The number of benzene rings is 3. The summed E-state index contributed by atoms with van der Waals surface area (Å²) < 4.78 is 0. The van der Waals surface area contributed by atoms with Crippen molar-refractivity contribution in [3.05, 3.63) is 83.9 Å². The first-order valence-corrected chi connectivity index (χ1v) is 7.44. The van der Waals surface area contributed by atoms with Crippen LogP contribution in [0.2, 0.25) is 0 Å². The summed E-state index contributed by atoms with van der Waals surface area (Å²) in [4.78, 5) is 0. The van der Waals surface area contributed by atoms with Gasteiger partial charge in [-0.3, -0.25) is 0 Å². The van der Waals surface area contributed by atoms with E-state index in [9.17, 15) is 0 Å². The van der Waals surface area contributed by atoms with Crippen LogP contribution in [0.25, 0.3) is 10.8 Å². The van der Waals surface area contributed by atoms with Crippen LogP contribution in [0.3, 0.4) is 0 Å². The number of rotatable bonds is 4. The van der Waals surface area contributed by atoms with Crippen LogP contribution in [-0.4, -0.2) is 6.54 Å². The number of fused-ring (bicyclic) bond motifs is 1. The largest absolute Gasteiger partial charge is 0.330 e. The highest BCUT2D eigenvalue weighted by Gasteiger charge is 2.25. The van der Waals surface area contributed by atoms with E-state index in [1.807, 2.05) is 0 Å². The highest BCUT2D eigenvalue weighted by atomic mass is 14.6. The van der Waals surface area contributed by atoms with Crippen molar-refractivity contribution in [2.45, 2.75) is 18.8 Å². The Kier molecular flexibility index (Phi) is 3.76. The van der Waals surface area contributed by atoms with E-state index >= 15 is 0 Å². The molecule has 0 saturated heterocycles. The van der Waals surface area contributed by atoms with E-state index in [0.29, 0.717) is 6.54 Å². The first kappa shape index (κ1) is 13.8. The van der Waals surface area contributed by atoms with Crippen LogP contribution in [0, 0.1) is 0 Å². The predicted molar refractivity (Wildman–Crippen MR) is 90.5 cm³/mol. The van der Waals surface area contributed by atoms with Crippen molar-refractivity contribution in [3.63, 3.8) is 0 Å². The number of hydrogen-bond acceptors (Lipinski definition) is 1. The lowest BCUT2D eigenvalue weighted by Gasteiger charge is -2.29. The van der Waals surface area contributed by atoms with Crippen molar-refractivity contribution in [3.8, 4) is 0 Å². The molecule has 1 nitrogen and oxygen atoms in total. The maximum absolute atomic E-state index is 6.13. The molecular weight excluding hydrogens is 254 g/mol. The Labute approximate surface area is 126 Å². The van der Waals surface area contributed by atoms with Crippen LogP contribution < -0.4 is 5.73 Å². The molecule has 1 heteroatoms. The van der Waals surface area contributed by atoms with E-state index < -0.39 is 0 Å². The average Bonchev–Trinajstić information content (AvgIpc) is 2.55. The minimum atomic E-state index is -0.0363. The van der Waals surface area contributed by atoms with E-state index in [1.54, 1.807) is 0 Å². The molecule has 0 aliphatic carbocycles. The third-order valence-corrected chi connectivity index (χ3v) is 4.33. The van der Waals surface area contributed by atoms with Crippen molar-refractivity contribution in [2.75, 3.05) is 6.54 Å². The Morgan fingerprint density at radius 3 is 2.19 bits per heavy atom. The zero-order chi connectivity index (χ0) is 14.7. The van der Waals surface area contributed by atoms with Gasteiger partial charge in [-0.25, -0.2) is 0 Å². The second-order valence-corrected chi connectivity index (χ2v) is 5.99. The molecule has 0 aliphatic rings. The molecule has 0 fully saturated rings. The van der Waals surface area contributed by atoms with Gasteiger partial charge < -0.3 is 5.73 Å². The van der Waals surface area contributed by atoms with Gasteiger partial charge in [0.05, 0.1) is 0 Å². The molecule has 0 bridgehead atoms. The Morgan fingerprint density at radius 2 is 1.48 bits per heavy atom. The SMILES string of the molecule is CC(CN)(Cc1ccccc1)c1ccc2ccccc2c1. The van der Waals surface area contributed by atoms with Gasteiger partial charge in [0.2, 0.25) is 0 Å². The molecule has 21 heavy (non-hydrogen) atoms. The second kappa shape index (κ2) is 5.71. The molecule has 1 atom stereocenters. The molecule has 0 spiro atoms. The second-order valence-electron chi connectivity index (χ2n) is 5.99. The summed E-state index contributed by atoms with van der Waals surface area (Å²) in [6.07, 6.45) is 0.961. The summed E-state index contributed by atoms with van der Waals surface area (Å²) in [6, 6.07) is 25.8. The van der Waals surface area contributed by atoms with Gasteiger partial charge >= 0.3 is 0 Å². The minimum absolute atomic E-state index is 0.0363. The minimum Gasteiger partial charge on any atom is -0.330 e. The Morgan fingerprint density at radius 1 is 0.810 bits per heavy atom. The van der Waals surface area contributed by atoms with Crippen LogP contribution in [0.1, 0.15) is 18.1 Å². The number of hydrogen-bond donors (Lipinski definition) is 1. The van der Waals surface area contributed by atoms with Gasteiger partial charge in [-0.05, 0) is 28.3 Å². The molecule has 3 rings (SSSR count). The van der Waals surface area contributed by atoms with E-state index in [4.69, 9.17) is 5.73 Å². The summed E-state index contributed by atoms with van der Waals surface area (Å²) in [5.41, 5.74) is 8.74. The van der Waals surface area contributed by atoms with Crippen molar-refractivity contribution < 1.29 is 0 Å². The smallest absolute Gasteiger partial charge is 0.00878 e. The lowest BCUT2D eigenvalue weighted by Crippen LogP contribution is -2.34. The summed E-state index contributed by atoms with van der Waals surface area (Å²) >= 11 is 0. The van der Waals surface area contributed by atoms with Crippen LogP contribution in [0.5, 0.6) is 0 Å². The fourth-order valence-corrected chi connectivity index (χ4v) is 2.90. The molecule has 0 radical (unpaired) electrons. The maximum atomic E-state index is 6.13. The molecule has 0 amide bonds. The highest BCUT2D eigenvalue weighted by Crippen LogP contribution is 2.29. The van der Waals surface area contributed by atoms with Gasteiger partial charge in [-0.1, -0.05) is 79.7 Å². The highest BCUT2D eigenvalue weighted by molar-refractivity contribution is 5.83. The topological polar surface area (TPSA) is 26.0 Å². The normalized spacial score (nSPS) is 14.0. The third-order valence-electron chi connectivity index (χ3n) is 4.33. The monoisotopic (exact) mass is 275 g/mol. The Hall–Kier alpha value is -2.12. The fraction of sp³-hybridized carbons (Fsp3) is 0.200. The van der Waals surface area contributed by atoms with Crippen LogP contribution >= 0.6 is 0 Å². The van der Waals surface area contributed by atoms with E-state index in [0.717, 1.165) is 6.42 Å². The van der Waals surface area contributed by atoms with Gasteiger partial charge in [0.15, 0.2) is 0 Å². The third kappa shape index (κ3) is 2.84. The molecule has 3 aromatic carbocycles. The molecular formula is C20H21N. The van der Waals surface area contributed by atoms with Crippen molar-refractivity contribution in [2.24, 2.45) is 5.73 Å². The average molecular weight is 275 g/mol. The van der Waals surface area contributed by atoms with Crippen LogP contribution in [-0.2, 0) is 11.8 Å². The molecule has 1 unspecified atom stereocenters. The molecule has 0 aromatic heterocycles. The van der Waals surface area contributed by atoms with E-state index in [-0.39, 0.29) is 5.41 Å². The first-order chi connectivity index (χ1) is 10.2. The Balaban J connectivity index is 2.00. The standard InChI is InChI=1S/C20H21N/c1-20(15-21,14-16-7-3-2-4-8-16)19-12-11-17-9-5-6-10-18(17)13-19/h2-13H,14-15,21H2,1H3. The van der Waals surface area contributed by atoms with Crippen LogP contribution in [0.15, 0.2) is 72.8 Å². The van der Waals surface area contributed by atoms with Gasteiger partial charge in [0.1, 0.15) is 0 Å². The molecule has 0 heterocycles. The summed E-state index contributed by atoms with van der Waals surface area (Å²) in [5.74, 6) is 0. The summed E-state index contributed by atoms with van der Waals surface area (Å²) in [5, 5.41) is 2.56. The summed E-state index contributed by atoms with van der Waals surface area (Å²) in [7, 11) is 0. The maximum Gasteiger partial charge on any atom is 0.00878 e. The molecule has 3 aromatic rings.